The van der Waals surface area contributed by atoms with Crippen molar-refractivity contribution in [2.45, 2.75) is 6.42 Å². The molecule has 0 aliphatic rings. The maximum absolute atomic E-state index is 12.6. The van der Waals surface area contributed by atoms with Crippen LogP contribution < -0.4 is 10.5 Å². The Balaban J connectivity index is 0.00000169. The Labute approximate surface area is 87.5 Å². The van der Waals surface area contributed by atoms with E-state index in [1.807, 2.05) is 0 Å². The summed E-state index contributed by atoms with van der Waals surface area (Å²) < 4.78 is 30.2. The molecule has 0 fully saturated rings. The molecule has 1 rings (SSSR count). The normalized spacial score (nSPS) is 9.36. The zero-order valence-corrected chi connectivity index (χ0v) is 8.32. The number of hydrogen-bond acceptors (Lipinski definition) is 2. The molecule has 1 aromatic carbocycles. The molecule has 5 heteroatoms. The molecule has 0 spiro atoms. The van der Waals surface area contributed by atoms with Gasteiger partial charge in [0, 0.05) is 18.2 Å². The summed E-state index contributed by atoms with van der Waals surface area (Å²) in [6.07, 6.45) is 0.665. The standard InChI is InChI=1S/C9H11F2NO.ClH/c10-7-4-8(11)6-9(5-7)13-3-1-2-12;/h4-6H,1-3,12H2;1H. The predicted molar refractivity (Wildman–Crippen MR) is 52.8 cm³/mol. The average Bonchev–Trinajstić information content (AvgIpc) is 2.03. The van der Waals surface area contributed by atoms with Gasteiger partial charge in [-0.3, -0.25) is 0 Å². The third-order valence-electron chi connectivity index (χ3n) is 1.45. The lowest BCUT2D eigenvalue weighted by Crippen LogP contribution is -2.06. The summed E-state index contributed by atoms with van der Waals surface area (Å²) in [5.41, 5.74) is 5.22. The molecule has 0 bridgehead atoms. The van der Waals surface area contributed by atoms with Crippen LogP contribution in [0.25, 0.3) is 0 Å². The molecule has 2 nitrogen and oxygen atoms in total. The van der Waals surface area contributed by atoms with Gasteiger partial charge in [0.15, 0.2) is 0 Å². The second-order valence-electron chi connectivity index (χ2n) is 2.60. The van der Waals surface area contributed by atoms with E-state index in [4.69, 9.17) is 10.5 Å². The van der Waals surface area contributed by atoms with Crippen LogP contribution >= 0.6 is 12.4 Å². The zero-order chi connectivity index (χ0) is 9.68. The van der Waals surface area contributed by atoms with Crippen molar-refractivity contribution in [3.63, 3.8) is 0 Å². The fourth-order valence-corrected chi connectivity index (χ4v) is 0.885. The summed E-state index contributed by atoms with van der Waals surface area (Å²) in [6.45, 7) is 0.872. The van der Waals surface area contributed by atoms with Gasteiger partial charge in [0.05, 0.1) is 6.61 Å². The number of rotatable bonds is 4. The molecule has 0 saturated heterocycles. The molecule has 0 aliphatic carbocycles. The largest absolute Gasteiger partial charge is 0.493 e. The molecule has 0 aliphatic heterocycles. The number of nitrogens with two attached hydrogens (primary N) is 1. The van der Waals surface area contributed by atoms with Gasteiger partial charge in [-0.05, 0) is 13.0 Å². The first kappa shape index (κ1) is 13.1. The van der Waals surface area contributed by atoms with Gasteiger partial charge in [0.25, 0.3) is 0 Å². The van der Waals surface area contributed by atoms with E-state index in [1.54, 1.807) is 0 Å². The second kappa shape index (κ2) is 6.56. The van der Waals surface area contributed by atoms with E-state index in [9.17, 15) is 8.78 Å². The number of halogens is 3. The lowest BCUT2D eigenvalue weighted by molar-refractivity contribution is 0.310. The van der Waals surface area contributed by atoms with Gasteiger partial charge in [-0.1, -0.05) is 0 Å². The molecule has 14 heavy (non-hydrogen) atoms. The molecule has 0 unspecified atom stereocenters. The van der Waals surface area contributed by atoms with Gasteiger partial charge in [-0.2, -0.15) is 0 Å². The monoisotopic (exact) mass is 223 g/mol. The van der Waals surface area contributed by atoms with Crippen LogP contribution in [0.5, 0.6) is 5.75 Å². The minimum Gasteiger partial charge on any atom is -0.493 e. The van der Waals surface area contributed by atoms with Crippen LogP contribution in [-0.4, -0.2) is 13.2 Å². The SMILES string of the molecule is Cl.NCCCOc1cc(F)cc(F)c1. The minimum absolute atomic E-state index is 0. The van der Waals surface area contributed by atoms with E-state index in [2.05, 4.69) is 0 Å². The molecule has 0 atom stereocenters. The van der Waals surface area contributed by atoms with Crippen molar-refractivity contribution >= 4 is 12.4 Å². The highest BCUT2D eigenvalue weighted by Crippen LogP contribution is 2.15. The molecule has 0 radical (unpaired) electrons. The van der Waals surface area contributed by atoms with Crippen LogP contribution in [-0.2, 0) is 0 Å². The van der Waals surface area contributed by atoms with Gasteiger partial charge in [-0.15, -0.1) is 12.4 Å². The third-order valence-corrected chi connectivity index (χ3v) is 1.45. The molecule has 0 amide bonds. The molecule has 1 aromatic rings. The van der Waals surface area contributed by atoms with Gasteiger partial charge in [-0.25, -0.2) is 8.78 Å². The Morgan fingerprint density at radius 1 is 1.14 bits per heavy atom. The minimum atomic E-state index is -0.636. The highest BCUT2D eigenvalue weighted by atomic mass is 35.5. The van der Waals surface area contributed by atoms with Crippen molar-refractivity contribution in [3.05, 3.63) is 29.8 Å². The summed E-state index contributed by atoms with van der Waals surface area (Å²) in [6, 6.07) is 3.08. The van der Waals surface area contributed by atoms with Gasteiger partial charge >= 0.3 is 0 Å². The van der Waals surface area contributed by atoms with Crippen LogP contribution in [0.15, 0.2) is 18.2 Å². The van der Waals surface area contributed by atoms with Crippen LogP contribution in [0.3, 0.4) is 0 Å². The average molecular weight is 224 g/mol. The summed E-state index contributed by atoms with van der Waals surface area (Å²) >= 11 is 0. The van der Waals surface area contributed by atoms with Crippen LogP contribution in [0.2, 0.25) is 0 Å². The Kier molecular flexibility index (Phi) is 6.16. The van der Waals surface area contributed by atoms with E-state index in [1.165, 1.54) is 0 Å². The van der Waals surface area contributed by atoms with E-state index >= 15 is 0 Å². The fraction of sp³-hybridized carbons (Fsp3) is 0.333. The lowest BCUT2D eigenvalue weighted by Gasteiger charge is -2.04. The number of ether oxygens (including phenoxy) is 1. The van der Waals surface area contributed by atoms with Crippen molar-refractivity contribution < 1.29 is 13.5 Å². The van der Waals surface area contributed by atoms with Crippen molar-refractivity contribution in [2.75, 3.05) is 13.2 Å². The molecule has 80 valence electrons. The Morgan fingerprint density at radius 3 is 2.21 bits per heavy atom. The molecule has 0 aromatic heterocycles. The van der Waals surface area contributed by atoms with E-state index in [-0.39, 0.29) is 18.2 Å². The first-order valence-electron chi connectivity index (χ1n) is 4.01. The number of benzene rings is 1. The molecular weight excluding hydrogens is 212 g/mol. The highest BCUT2D eigenvalue weighted by molar-refractivity contribution is 5.85. The van der Waals surface area contributed by atoms with Crippen molar-refractivity contribution in [3.8, 4) is 5.75 Å². The van der Waals surface area contributed by atoms with Crippen molar-refractivity contribution in [1.29, 1.82) is 0 Å². The second-order valence-corrected chi connectivity index (χ2v) is 2.60. The number of hydrogen-bond donors (Lipinski definition) is 1. The summed E-state index contributed by atoms with van der Waals surface area (Å²) in [5.74, 6) is -1.07. The van der Waals surface area contributed by atoms with Gasteiger partial charge in [0.1, 0.15) is 17.4 Å². The van der Waals surface area contributed by atoms with E-state index in [0.29, 0.717) is 19.6 Å². The third kappa shape index (κ3) is 4.39. The molecule has 0 saturated carbocycles. The first-order valence-corrected chi connectivity index (χ1v) is 4.01. The van der Waals surface area contributed by atoms with Crippen LogP contribution in [0.4, 0.5) is 8.78 Å². The highest BCUT2D eigenvalue weighted by Gasteiger charge is 2.00. The summed E-state index contributed by atoms with van der Waals surface area (Å²) in [5, 5.41) is 0. The molecule has 2 N–H and O–H groups in total. The predicted octanol–water partition coefficient (Wildman–Crippen LogP) is 2.11. The summed E-state index contributed by atoms with van der Waals surface area (Å²) in [7, 11) is 0. The summed E-state index contributed by atoms with van der Waals surface area (Å²) in [4.78, 5) is 0. The van der Waals surface area contributed by atoms with Crippen LogP contribution in [0.1, 0.15) is 6.42 Å². The van der Waals surface area contributed by atoms with E-state index in [0.717, 1.165) is 18.2 Å². The topological polar surface area (TPSA) is 35.2 Å². The van der Waals surface area contributed by atoms with Crippen LogP contribution in [0, 0.1) is 11.6 Å². The lowest BCUT2D eigenvalue weighted by atomic mass is 10.3. The van der Waals surface area contributed by atoms with Gasteiger partial charge in [0.2, 0.25) is 0 Å². The maximum atomic E-state index is 12.6. The van der Waals surface area contributed by atoms with Crippen molar-refractivity contribution in [2.24, 2.45) is 5.73 Å². The molecular formula is C9H12ClF2NO. The van der Waals surface area contributed by atoms with Gasteiger partial charge < -0.3 is 10.5 Å². The Morgan fingerprint density at radius 2 is 1.71 bits per heavy atom. The first-order chi connectivity index (χ1) is 6.22. The molecule has 0 heterocycles. The fourth-order valence-electron chi connectivity index (χ4n) is 0.885. The quantitative estimate of drug-likeness (QED) is 0.794. The Bertz CT molecular complexity index is 263. The van der Waals surface area contributed by atoms with E-state index < -0.39 is 11.6 Å². The smallest absolute Gasteiger partial charge is 0.129 e. The van der Waals surface area contributed by atoms with Crippen molar-refractivity contribution in [1.82, 2.24) is 0 Å². The Hall–Kier alpha value is -0.870. The maximum Gasteiger partial charge on any atom is 0.129 e. The zero-order valence-electron chi connectivity index (χ0n) is 7.50.